The summed E-state index contributed by atoms with van der Waals surface area (Å²) >= 11 is 0. The van der Waals surface area contributed by atoms with E-state index in [4.69, 9.17) is 14.2 Å². The number of hydrogen-bond acceptors (Lipinski definition) is 5. The van der Waals surface area contributed by atoms with Gasteiger partial charge in [0.25, 0.3) is 0 Å². The van der Waals surface area contributed by atoms with Crippen molar-refractivity contribution in [2.75, 3.05) is 0 Å². The van der Waals surface area contributed by atoms with Gasteiger partial charge in [0.05, 0.1) is 11.1 Å². The Morgan fingerprint density at radius 3 is 2.00 bits per heavy atom. The molecule has 5 nitrogen and oxygen atoms in total. The highest BCUT2D eigenvalue weighted by Gasteiger charge is 2.64. The van der Waals surface area contributed by atoms with E-state index < -0.39 is 24.1 Å². The van der Waals surface area contributed by atoms with Gasteiger partial charge in [0.15, 0.2) is 12.2 Å². The van der Waals surface area contributed by atoms with E-state index in [9.17, 15) is 9.59 Å². The van der Waals surface area contributed by atoms with Crippen LogP contribution in [-0.2, 0) is 14.2 Å². The molecule has 7 atom stereocenters. The molecule has 0 spiro atoms. The molecule has 2 aliphatic heterocycles. The van der Waals surface area contributed by atoms with E-state index in [1.165, 1.54) is 32.1 Å². The number of esters is 2. The first kappa shape index (κ1) is 22.1. The van der Waals surface area contributed by atoms with Crippen LogP contribution >= 0.6 is 0 Å². The first-order valence-corrected chi connectivity index (χ1v) is 12.3. The number of fused-ring (bicyclic) bond motifs is 5. The largest absolute Gasteiger partial charge is 0.452 e. The molecule has 0 radical (unpaired) electrons. The Hall–Kier alpha value is -2.66. The summed E-state index contributed by atoms with van der Waals surface area (Å²) in [5.41, 5.74) is 0.991. The van der Waals surface area contributed by atoms with Crippen molar-refractivity contribution >= 4 is 11.9 Å². The third-order valence-corrected chi connectivity index (χ3v) is 7.67. The highest BCUT2D eigenvalue weighted by Crippen LogP contribution is 2.55. The molecule has 3 aliphatic rings. The van der Waals surface area contributed by atoms with Gasteiger partial charge in [0.1, 0.15) is 12.2 Å². The van der Waals surface area contributed by atoms with Crippen LogP contribution in [0.1, 0.15) is 66.2 Å². The lowest BCUT2D eigenvalue weighted by atomic mass is 9.63. The second-order valence-electron chi connectivity index (χ2n) is 9.61. The van der Waals surface area contributed by atoms with Crippen LogP contribution in [0.4, 0.5) is 0 Å². The minimum Gasteiger partial charge on any atom is -0.452 e. The van der Waals surface area contributed by atoms with Crippen LogP contribution in [0.5, 0.6) is 0 Å². The first-order chi connectivity index (χ1) is 16.2. The summed E-state index contributed by atoms with van der Waals surface area (Å²) in [5.74, 6) is 0.492. The molecule has 5 rings (SSSR count). The van der Waals surface area contributed by atoms with Crippen molar-refractivity contribution in [2.24, 2.45) is 17.8 Å². The van der Waals surface area contributed by atoms with Crippen molar-refractivity contribution in [3.63, 3.8) is 0 Å². The summed E-state index contributed by atoms with van der Waals surface area (Å²) in [6, 6.07) is 18.0. The Morgan fingerprint density at radius 1 is 0.848 bits per heavy atom. The molecule has 0 amide bonds. The fourth-order valence-electron chi connectivity index (χ4n) is 6.21. The molecule has 2 bridgehead atoms. The molecular weight excluding hydrogens is 416 g/mol. The van der Waals surface area contributed by atoms with Crippen LogP contribution in [0, 0.1) is 17.8 Å². The first-order valence-electron chi connectivity index (χ1n) is 12.3. The maximum absolute atomic E-state index is 13.0. The van der Waals surface area contributed by atoms with Crippen molar-refractivity contribution in [2.45, 2.75) is 69.9 Å². The van der Waals surface area contributed by atoms with E-state index >= 15 is 0 Å². The van der Waals surface area contributed by atoms with Crippen molar-refractivity contribution < 1.29 is 23.8 Å². The number of carbonyl (C=O) groups is 2. The normalized spacial score (nSPS) is 32.2. The molecule has 2 aromatic carbocycles. The topological polar surface area (TPSA) is 61.8 Å². The lowest BCUT2D eigenvalue weighted by Crippen LogP contribution is -2.53. The maximum atomic E-state index is 13.0. The number of hydrogen-bond donors (Lipinski definition) is 0. The summed E-state index contributed by atoms with van der Waals surface area (Å²) < 4.78 is 18.5. The Bertz CT molecular complexity index is 959. The number of rotatable bonds is 7. The van der Waals surface area contributed by atoms with Crippen LogP contribution in [0.3, 0.4) is 0 Å². The number of benzene rings is 2. The van der Waals surface area contributed by atoms with E-state index in [0.29, 0.717) is 28.9 Å². The average molecular weight is 449 g/mol. The smallest absolute Gasteiger partial charge is 0.338 e. The second-order valence-corrected chi connectivity index (χ2v) is 9.61. The average Bonchev–Trinajstić information content (AvgIpc) is 3.41. The van der Waals surface area contributed by atoms with Gasteiger partial charge < -0.3 is 14.2 Å². The monoisotopic (exact) mass is 448 g/mol. The Balaban J connectivity index is 1.40. The van der Waals surface area contributed by atoms with Gasteiger partial charge in [-0.1, -0.05) is 75.4 Å². The van der Waals surface area contributed by atoms with E-state index in [-0.39, 0.29) is 12.2 Å². The van der Waals surface area contributed by atoms with Crippen molar-refractivity contribution in [3.8, 4) is 0 Å². The number of unbranched alkanes of at least 4 members (excludes halogenated alkanes) is 1. The van der Waals surface area contributed by atoms with Gasteiger partial charge in [0.2, 0.25) is 0 Å². The zero-order valence-corrected chi connectivity index (χ0v) is 19.1. The minimum atomic E-state index is -0.584. The molecule has 7 unspecified atom stereocenters. The SMILES string of the molecule is CCCCC1CCCC2C3OC(C(OC(=O)c4ccccc4)C3OC(=O)c3ccccc3)C12. The molecule has 5 heteroatoms. The summed E-state index contributed by atoms with van der Waals surface area (Å²) in [6.45, 7) is 2.22. The van der Waals surface area contributed by atoms with Crippen molar-refractivity contribution in [1.82, 2.24) is 0 Å². The maximum Gasteiger partial charge on any atom is 0.338 e. The van der Waals surface area contributed by atoms with E-state index in [1.807, 2.05) is 36.4 Å². The molecule has 2 aromatic rings. The molecule has 3 fully saturated rings. The molecule has 174 valence electrons. The molecular formula is C28H32O5. The second kappa shape index (κ2) is 9.68. The summed E-state index contributed by atoms with van der Waals surface area (Å²) in [4.78, 5) is 25.9. The van der Waals surface area contributed by atoms with Crippen molar-refractivity contribution in [1.29, 1.82) is 0 Å². The number of carbonyl (C=O) groups excluding carboxylic acids is 2. The molecule has 2 heterocycles. The van der Waals surface area contributed by atoms with Crippen LogP contribution in [0.2, 0.25) is 0 Å². The minimum absolute atomic E-state index is 0.217. The Morgan fingerprint density at radius 2 is 1.42 bits per heavy atom. The van der Waals surface area contributed by atoms with Gasteiger partial charge in [-0.05, 0) is 48.4 Å². The summed E-state index contributed by atoms with van der Waals surface area (Å²) in [7, 11) is 0. The van der Waals surface area contributed by atoms with Gasteiger partial charge in [-0.3, -0.25) is 0 Å². The molecule has 0 N–H and O–H groups in total. The third-order valence-electron chi connectivity index (χ3n) is 7.67. The fraction of sp³-hybridized carbons (Fsp3) is 0.500. The van der Waals surface area contributed by atoms with E-state index in [1.54, 1.807) is 24.3 Å². The zero-order valence-electron chi connectivity index (χ0n) is 19.1. The zero-order chi connectivity index (χ0) is 22.8. The highest BCUT2D eigenvalue weighted by atomic mass is 16.6. The van der Waals surface area contributed by atoms with Crippen LogP contribution in [0.25, 0.3) is 0 Å². The van der Waals surface area contributed by atoms with Gasteiger partial charge >= 0.3 is 11.9 Å². The Labute approximate surface area is 195 Å². The van der Waals surface area contributed by atoms with Crippen LogP contribution < -0.4 is 0 Å². The van der Waals surface area contributed by atoms with Crippen molar-refractivity contribution in [3.05, 3.63) is 71.8 Å². The standard InChI is InChI=1S/C28H32O5/c1-2-3-11-18-16-10-17-21-22(18)24-26(33-28(30)20-14-8-5-9-15-20)25(23(21)31-24)32-27(29)19-12-6-4-7-13-19/h4-9,12-15,18,21-26H,2-3,10-11,16-17H2,1H3. The van der Waals surface area contributed by atoms with Crippen LogP contribution in [-0.4, -0.2) is 36.4 Å². The fourth-order valence-corrected chi connectivity index (χ4v) is 6.21. The summed E-state index contributed by atoms with van der Waals surface area (Å²) in [5, 5.41) is 0. The van der Waals surface area contributed by atoms with Crippen LogP contribution in [0.15, 0.2) is 60.7 Å². The molecule has 1 saturated carbocycles. The molecule has 2 saturated heterocycles. The lowest BCUT2D eigenvalue weighted by Gasteiger charge is -2.43. The highest BCUT2D eigenvalue weighted by molar-refractivity contribution is 5.90. The van der Waals surface area contributed by atoms with E-state index in [0.717, 1.165) is 6.42 Å². The predicted octanol–water partition coefficient (Wildman–Crippen LogP) is 5.44. The van der Waals surface area contributed by atoms with Gasteiger partial charge in [-0.25, -0.2) is 9.59 Å². The quantitative estimate of drug-likeness (QED) is 0.528. The van der Waals surface area contributed by atoms with Gasteiger partial charge in [0, 0.05) is 0 Å². The molecule has 0 aromatic heterocycles. The lowest BCUT2D eigenvalue weighted by molar-refractivity contribution is -0.0708. The van der Waals surface area contributed by atoms with Gasteiger partial charge in [-0.2, -0.15) is 0 Å². The molecule has 33 heavy (non-hydrogen) atoms. The third kappa shape index (κ3) is 4.31. The van der Waals surface area contributed by atoms with Gasteiger partial charge in [-0.15, -0.1) is 0 Å². The van der Waals surface area contributed by atoms with E-state index in [2.05, 4.69) is 6.92 Å². The summed E-state index contributed by atoms with van der Waals surface area (Å²) in [6.07, 6.45) is 5.40. The predicted molar refractivity (Wildman–Crippen MR) is 124 cm³/mol. The Kier molecular flexibility index (Phi) is 6.50. The molecule has 1 aliphatic carbocycles. The number of ether oxygens (including phenoxy) is 3.